The first kappa shape index (κ1) is 41.4. The number of allylic oxidation sites excluding steroid dienone is 1. The fourth-order valence-electron chi connectivity index (χ4n) is 3.37. The van der Waals surface area contributed by atoms with E-state index < -0.39 is 11.7 Å². The molecule has 0 aliphatic carbocycles. The summed E-state index contributed by atoms with van der Waals surface area (Å²) in [5.41, 5.74) is 0.921. The van der Waals surface area contributed by atoms with Crippen LogP contribution in [0.15, 0.2) is 24.3 Å². The van der Waals surface area contributed by atoms with Crippen LogP contribution in [0.2, 0.25) is 0 Å². The number of carbonyl (C=O) groups is 1. The Kier molecular flexibility index (Phi) is 24.1. The molecule has 0 aliphatic heterocycles. The van der Waals surface area contributed by atoms with Crippen molar-refractivity contribution in [3.8, 4) is 5.75 Å². The van der Waals surface area contributed by atoms with Crippen molar-refractivity contribution >= 4 is 28.8 Å². The molecule has 0 fully saturated rings. The summed E-state index contributed by atoms with van der Waals surface area (Å²) < 4.78 is 46.1. The number of hydrogen-bond acceptors (Lipinski definition) is 3. The average molecular weight is 573 g/mol. The summed E-state index contributed by atoms with van der Waals surface area (Å²) in [5, 5.41) is 0. The van der Waals surface area contributed by atoms with Gasteiger partial charge in [0.1, 0.15) is 5.75 Å². The summed E-state index contributed by atoms with van der Waals surface area (Å²) in [6.07, 6.45) is 0.694. The molecule has 6 heteroatoms. The van der Waals surface area contributed by atoms with Gasteiger partial charge in [-0.2, -0.15) is 13.2 Å². The van der Waals surface area contributed by atoms with Gasteiger partial charge in [-0.05, 0) is 73.1 Å². The Morgan fingerprint density at radius 2 is 1.54 bits per heavy atom. The summed E-state index contributed by atoms with van der Waals surface area (Å²) in [7, 11) is 1.35. The summed E-state index contributed by atoms with van der Waals surface area (Å²) in [6, 6.07) is 5.83. The minimum absolute atomic E-state index is 0.0479. The maximum absolute atomic E-state index is 13.7. The number of methoxy groups -OCH3 is 1. The predicted octanol–water partition coefficient (Wildman–Crippen LogP) is 12.4. The van der Waals surface area contributed by atoms with Gasteiger partial charge in [0.05, 0.1) is 17.6 Å². The van der Waals surface area contributed by atoms with Crippen molar-refractivity contribution in [2.45, 2.75) is 115 Å². The molecule has 226 valence electrons. The Hall–Kier alpha value is -2.08. The summed E-state index contributed by atoms with van der Waals surface area (Å²) >= 11 is 1.31. The highest BCUT2D eigenvalue weighted by molar-refractivity contribution is 7.15. The van der Waals surface area contributed by atoms with E-state index in [2.05, 4.69) is 20.8 Å². The highest BCUT2D eigenvalue weighted by Gasteiger charge is 2.35. The highest BCUT2D eigenvalue weighted by atomic mass is 32.1. The Labute approximate surface area is 242 Å². The number of hydrogen-bond donors (Lipinski definition) is 0. The van der Waals surface area contributed by atoms with Crippen LogP contribution in [-0.4, -0.2) is 12.9 Å². The molecule has 1 heterocycles. The van der Waals surface area contributed by atoms with E-state index in [0.29, 0.717) is 16.9 Å². The molecular weight excluding hydrogens is 517 g/mol. The molecular formula is C33H55F3O2S. The van der Waals surface area contributed by atoms with Crippen LogP contribution in [0.1, 0.15) is 134 Å². The second kappa shape index (κ2) is 22.7. The van der Waals surface area contributed by atoms with Crippen LogP contribution in [0, 0.1) is 18.8 Å². The maximum atomic E-state index is 13.7. The maximum Gasteiger partial charge on any atom is 0.417 e. The third kappa shape index (κ3) is 15.3. The molecule has 0 saturated heterocycles. The molecule has 1 aromatic carbocycles. The van der Waals surface area contributed by atoms with Crippen molar-refractivity contribution in [3.63, 3.8) is 0 Å². The Bertz CT molecular complexity index is 941. The minimum Gasteiger partial charge on any atom is -0.497 e. The smallest absolute Gasteiger partial charge is 0.417 e. The fraction of sp³-hybridized carbons (Fsp3) is 0.606. The van der Waals surface area contributed by atoms with Gasteiger partial charge < -0.3 is 4.74 Å². The molecule has 2 rings (SSSR count). The molecule has 0 N–H and O–H groups in total. The van der Waals surface area contributed by atoms with Crippen LogP contribution >= 0.6 is 11.3 Å². The van der Waals surface area contributed by atoms with Crippen molar-refractivity contribution in [3.05, 3.63) is 50.7 Å². The zero-order valence-corrected chi connectivity index (χ0v) is 27.8. The van der Waals surface area contributed by atoms with Crippen molar-refractivity contribution in [2.24, 2.45) is 11.8 Å². The number of halogens is 3. The normalized spacial score (nSPS) is 11.4. The second-order valence-corrected chi connectivity index (χ2v) is 9.80. The van der Waals surface area contributed by atoms with Gasteiger partial charge in [0.15, 0.2) is 5.78 Å². The predicted molar refractivity (Wildman–Crippen MR) is 168 cm³/mol. The Morgan fingerprint density at radius 1 is 1.00 bits per heavy atom. The first-order valence-electron chi connectivity index (χ1n) is 14.4. The molecule has 0 radical (unpaired) electrons. The van der Waals surface area contributed by atoms with E-state index in [1.807, 2.05) is 62.3 Å². The molecule has 1 atom stereocenters. The van der Waals surface area contributed by atoms with Gasteiger partial charge >= 0.3 is 6.18 Å². The van der Waals surface area contributed by atoms with E-state index in [-0.39, 0.29) is 23.0 Å². The minimum atomic E-state index is -4.49. The molecule has 2 aromatic rings. The lowest BCUT2D eigenvalue weighted by atomic mass is 9.88. The zero-order chi connectivity index (χ0) is 31.3. The molecule has 0 spiro atoms. The van der Waals surface area contributed by atoms with Crippen molar-refractivity contribution in [2.75, 3.05) is 7.11 Å². The third-order valence-electron chi connectivity index (χ3n) is 5.44. The van der Waals surface area contributed by atoms with Crippen molar-refractivity contribution < 1.29 is 22.7 Å². The Balaban J connectivity index is -0.000000924. The van der Waals surface area contributed by atoms with Crippen LogP contribution in [0.25, 0.3) is 11.6 Å². The molecule has 2 nitrogen and oxygen atoms in total. The molecule has 39 heavy (non-hydrogen) atoms. The van der Waals surface area contributed by atoms with Crippen molar-refractivity contribution in [1.29, 1.82) is 0 Å². The van der Waals surface area contributed by atoms with Crippen LogP contribution in [0.4, 0.5) is 13.2 Å². The number of thiophene rings is 1. The van der Waals surface area contributed by atoms with Crippen molar-refractivity contribution in [1.82, 2.24) is 0 Å². The van der Waals surface area contributed by atoms with Gasteiger partial charge in [0.2, 0.25) is 0 Å². The van der Waals surface area contributed by atoms with Gasteiger partial charge in [-0.25, -0.2) is 0 Å². The van der Waals surface area contributed by atoms with E-state index in [9.17, 15) is 18.0 Å². The van der Waals surface area contributed by atoms with E-state index in [4.69, 9.17) is 4.74 Å². The number of carbonyl (C=O) groups excluding carboxylic acids is 1. The largest absolute Gasteiger partial charge is 0.497 e. The van der Waals surface area contributed by atoms with Gasteiger partial charge in [-0.1, -0.05) is 95.1 Å². The van der Waals surface area contributed by atoms with Gasteiger partial charge in [-0.15, -0.1) is 11.3 Å². The Morgan fingerprint density at radius 3 is 1.87 bits per heavy atom. The van der Waals surface area contributed by atoms with E-state index in [1.165, 1.54) is 44.3 Å². The fourth-order valence-corrected chi connectivity index (χ4v) is 4.40. The lowest BCUT2D eigenvalue weighted by Gasteiger charge is -2.20. The molecule has 0 bridgehead atoms. The van der Waals surface area contributed by atoms with E-state index in [0.717, 1.165) is 22.4 Å². The van der Waals surface area contributed by atoms with E-state index in [1.54, 1.807) is 18.2 Å². The lowest BCUT2D eigenvalue weighted by Crippen LogP contribution is -2.11. The van der Waals surface area contributed by atoms with Crippen LogP contribution in [0.5, 0.6) is 5.75 Å². The number of alkyl halides is 3. The van der Waals surface area contributed by atoms with Gasteiger partial charge in [0.25, 0.3) is 0 Å². The second-order valence-electron chi connectivity index (χ2n) is 8.71. The number of ether oxygens (including phenoxy) is 1. The highest BCUT2D eigenvalue weighted by Crippen LogP contribution is 2.41. The molecule has 1 aromatic heterocycles. The molecule has 1 unspecified atom stereocenters. The van der Waals surface area contributed by atoms with Gasteiger partial charge in [-0.3, -0.25) is 4.79 Å². The average Bonchev–Trinajstić information content (AvgIpc) is 3.30. The van der Waals surface area contributed by atoms with E-state index >= 15 is 0 Å². The summed E-state index contributed by atoms with van der Waals surface area (Å²) in [6.45, 7) is 25.9. The molecule has 0 aliphatic rings. The lowest BCUT2D eigenvalue weighted by molar-refractivity contribution is -0.137. The number of ketones is 1. The summed E-state index contributed by atoms with van der Waals surface area (Å²) in [5.74, 6) is 0.936. The standard InChI is InChI=1S/C21H23F3O2S.C6H14.3C2H6/c1-6-12(2)17(11-19-13(3)9-20(27-19)14(4)25)16-8-7-15(26-5)10-18(16)21(22,23)24;1-4-5-6(2)3;3*1-2/h7-12H,6H2,1-5H3;6H,4-5H2,1-3H3;3*1-2H3/b17-11+;;;;. The first-order chi connectivity index (χ1) is 18.3. The third-order valence-corrected chi connectivity index (χ3v) is 6.73. The van der Waals surface area contributed by atoms with Crippen LogP contribution in [0.3, 0.4) is 0 Å². The zero-order valence-electron chi connectivity index (χ0n) is 27.0. The number of Topliss-reactive ketones (excluding diaryl/α,β-unsaturated/α-hetero) is 1. The number of benzene rings is 1. The quantitative estimate of drug-likeness (QED) is 0.294. The number of aryl methyl sites for hydroxylation is 1. The SMILES string of the molecule is CC.CC.CC.CCC(C)/C(=C\c1sc(C(C)=O)cc1C)c1ccc(OC)cc1C(F)(F)F.CCCC(C)C. The van der Waals surface area contributed by atoms with Gasteiger partial charge in [0, 0.05) is 4.88 Å². The van der Waals surface area contributed by atoms with Crippen LogP contribution in [-0.2, 0) is 6.18 Å². The number of rotatable bonds is 8. The monoisotopic (exact) mass is 572 g/mol. The van der Waals surface area contributed by atoms with Crippen LogP contribution < -0.4 is 4.74 Å². The summed E-state index contributed by atoms with van der Waals surface area (Å²) in [4.78, 5) is 13.0. The topological polar surface area (TPSA) is 26.3 Å². The first-order valence-corrected chi connectivity index (χ1v) is 15.3. The molecule has 0 amide bonds. The molecule has 0 saturated carbocycles.